The van der Waals surface area contributed by atoms with Crippen molar-refractivity contribution in [2.75, 3.05) is 12.3 Å². The highest BCUT2D eigenvalue weighted by atomic mass is 32.2. The maximum atomic E-state index is 12.7. The molecular weight excluding hydrogens is 346 g/mol. The average Bonchev–Trinajstić information content (AvgIpc) is 3.09. The average molecular weight is 374 g/mol. The lowest BCUT2D eigenvalue weighted by molar-refractivity contribution is -0.132. The Hall–Kier alpha value is -1.89. The number of thioether (sulfide) groups is 1. The van der Waals surface area contributed by atoms with Crippen molar-refractivity contribution in [1.82, 2.24) is 24.6 Å². The van der Waals surface area contributed by atoms with Crippen LogP contribution in [0.25, 0.3) is 11.4 Å². The molecule has 0 aromatic carbocycles. The topological polar surface area (TPSA) is 63.9 Å². The number of amides is 1. The maximum absolute atomic E-state index is 12.7. The number of carbonyl (C=O) groups is 1. The number of aromatic nitrogens is 4. The van der Waals surface area contributed by atoms with Crippen LogP contribution in [0.2, 0.25) is 0 Å². The molecule has 1 amide bonds. The van der Waals surface area contributed by atoms with Gasteiger partial charge >= 0.3 is 0 Å². The van der Waals surface area contributed by atoms with Gasteiger partial charge < -0.3 is 9.47 Å². The van der Waals surface area contributed by atoms with Gasteiger partial charge in [-0.05, 0) is 44.2 Å². The largest absolute Gasteiger partial charge is 0.339 e. The second-order valence-electron chi connectivity index (χ2n) is 6.63. The summed E-state index contributed by atoms with van der Waals surface area (Å²) in [5.41, 5.74) is 1.00. The first-order chi connectivity index (χ1) is 12.7. The summed E-state index contributed by atoms with van der Waals surface area (Å²) in [4.78, 5) is 18.9. The van der Waals surface area contributed by atoms with E-state index in [0.29, 0.717) is 11.8 Å². The Morgan fingerprint density at radius 3 is 2.77 bits per heavy atom. The molecule has 0 aliphatic carbocycles. The molecule has 1 unspecified atom stereocenters. The van der Waals surface area contributed by atoms with E-state index < -0.39 is 0 Å². The van der Waals surface area contributed by atoms with Crippen LogP contribution in [0.1, 0.15) is 46.0 Å². The summed E-state index contributed by atoms with van der Waals surface area (Å²) in [6.45, 7) is 6.03. The lowest BCUT2D eigenvalue weighted by Crippen LogP contribution is -2.44. The van der Waals surface area contributed by atoms with Gasteiger partial charge in [0.05, 0.1) is 5.75 Å². The predicted molar refractivity (Wildman–Crippen MR) is 104 cm³/mol. The third-order valence-corrected chi connectivity index (χ3v) is 5.80. The van der Waals surface area contributed by atoms with Gasteiger partial charge in [-0.15, -0.1) is 10.2 Å². The number of likely N-dealkylation sites (tertiary alicyclic amines) is 1. The first kappa shape index (κ1) is 18.9. The standard InChI is InChI=1S/C19H27N5OS/c1-3-12-24-18(15-8-10-20-11-9-15)21-22-19(24)26-14-17(25)23-13-6-5-7-16(23)4-2/h8-11,16H,3-7,12-14H2,1-2H3. The molecule has 1 aliphatic rings. The molecule has 2 aromatic heterocycles. The Bertz CT molecular complexity index is 718. The van der Waals surface area contributed by atoms with Crippen LogP contribution in [0.15, 0.2) is 29.7 Å². The lowest BCUT2D eigenvalue weighted by atomic mass is 10.0. The molecule has 1 fully saturated rings. The number of nitrogens with zero attached hydrogens (tertiary/aromatic N) is 5. The zero-order chi connectivity index (χ0) is 18.4. The van der Waals surface area contributed by atoms with E-state index in [2.05, 4.69) is 38.5 Å². The minimum atomic E-state index is 0.220. The molecule has 0 spiro atoms. The van der Waals surface area contributed by atoms with E-state index in [1.165, 1.54) is 18.2 Å². The van der Waals surface area contributed by atoms with E-state index in [1.54, 1.807) is 12.4 Å². The Kier molecular flexibility index (Phi) is 6.66. The van der Waals surface area contributed by atoms with E-state index in [-0.39, 0.29) is 5.91 Å². The van der Waals surface area contributed by atoms with Gasteiger partial charge in [-0.1, -0.05) is 25.6 Å². The van der Waals surface area contributed by atoms with Crippen molar-refractivity contribution in [3.63, 3.8) is 0 Å². The molecule has 1 saturated heterocycles. The van der Waals surface area contributed by atoms with Gasteiger partial charge in [-0.3, -0.25) is 9.78 Å². The highest BCUT2D eigenvalue weighted by Gasteiger charge is 2.25. The summed E-state index contributed by atoms with van der Waals surface area (Å²) < 4.78 is 2.11. The summed E-state index contributed by atoms with van der Waals surface area (Å²) >= 11 is 1.50. The maximum Gasteiger partial charge on any atom is 0.233 e. The van der Waals surface area contributed by atoms with Gasteiger partial charge in [0.2, 0.25) is 5.91 Å². The van der Waals surface area contributed by atoms with Crippen LogP contribution < -0.4 is 0 Å². The van der Waals surface area contributed by atoms with Crippen LogP contribution in [0.5, 0.6) is 0 Å². The molecule has 0 saturated carbocycles. The van der Waals surface area contributed by atoms with Crippen molar-refractivity contribution < 1.29 is 4.79 Å². The Morgan fingerprint density at radius 1 is 1.23 bits per heavy atom. The molecule has 0 N–H and O–H groups in total. The molecule has 2 aromatic rings. The molecule has 1 atom stereocenters. The smallest absolute Gasteiger partial charge is 0.233 e. The van der Waals surface area contributed by atoms with E-state index in [9.17, 15) is 4.79 Å². The second-order valence-corrected chi connectivity index (χ2v) is 7.57. The molecule has 0 bridgehead atoms. The summed E-state index contributed by atoms with van der Waals surface area (Å²) in [6, 6.07) is 4.28. The van der Waals surface area contributed by atoms with Crippen LogP contribution in [-0.4, -0.2) is 48.9 Å². The van der Waals surface area contributed by atoms with Gasteiger partial charge in [0.25, 0.3) is 0 Å². The summed E-state index contributed by atoms with van der Waals surface area (Å²) in [5.74, 6) is 1.49. The van der Waals surface area contributed by atoms with E-state index in [1.807, 2.05) is 12.1 Å². The van der Waals surface area contributed by atoms with Crippen molar-refractivity contribution in [2.24, 2.45) is 0 Å². The van der Waals surface area contributed by atoms with Crippen molar-refractivity contribution in [3.05, 3.63) is 24.5 Å². The third kappa shape index (κ3) is 4.26. The molecule has 7 heteroatoms. The van der Waals surface area contributed by atoms with Crippen LogP contribution in [0.4, 0.5) is 0 Å². The third-order valence-electron chi connectivity index (χ3n) is 4.85. The van der Waals surface area contributed by atoms with Gasteiger partial charge in [-0.25, -0.2) is 0 Å². The summed E-state index contributed by atoms with van der Waals surface area (Å²) in [5, 5.41) is 9.53. The number of piperidine rings is 1. The van der Waals surface area contributed by atoms with E-state index in [4.69, 9.17) is 0 Å². The molecular formula is C19H27N5OS. The molecule has 1 aliphatic heterocycles. The molecule has 140 valence electrons. The highest BCUT2D eigenvalue weighted by Crippen LogP contribution is 2.26. The quantitative estimate of drug-likeness (QED) is 0.694. The zero-order valence-electron chi connectivity index (χ0n) is 15.6. The summed E-state index contributed by atoms with van der Waals surface area (Å²) in [7, 11) is 0. The van der Waals surface area contributed by atoms with E-state index >= 15 is 0 Å². The van der Waals surface area contributed by atoms with Crippen LogP contribution in [0.3, 0.4) is 0 Å². The Labute approximate surface area is 159 Å². The molecule has 26 heavy (non-hydrogen) atoms. The normalized spacial score (nSPS) is 17.5. The zero-order valence-corrected chi connectivity index (χ0v) is 16.4. The fourth-order valence-corrected chi connectivity index (χ4v) is 4.35. The minimum Gasteiger partial charge on any atom is -0.339 e. The molecule has 3 rings (SSSR count). The first-order valence-electron chi connectivity index (χ1n) is 9.50. The van der Waals surface area contributed by atoms with Crippen LogP contribution in [-0.2, 0) is 11.3 Å². The molecule has 6 nitrogen and oxygen atoms in total. The van der Waals surface area contributed by atoms with Crippen LogP contribution >= 0.6 is 11.8 Å². The van der Waals surface area contributed by atoms with Crippen molar-refractivity contribution in [2.45, 2.75) is 63.7 Å². The number of hydrogen-bond donors (Lipinski definition) is 0. The summed E-state index contributed by atoms with van der Waals surface area (Å²) in [6.07, 6.45) is 9.03. The highest BCUT2D eigenvalue weighted by molar-refractivity contribution is 7.99. The number of hydrogen-bond acceptors (Lipinski definition) is 5. The lowest BCUT2D eigenvalue weighted by Gasteiger charge is -2.35. The fourth-order valence-electron chi connectivity index (χ4n) is 3.50. The SMILES string of the molecule is CCCn1c(SCC(=O)N2CCCCC2CC)nnc1-c1ccncc1. The Balaban J connectivity index is 1.71. The van der Waals surface area contributed by atoms with Gasteiger partial charge in [0, 0.05) is 37.1 Å². The minimum absolute atomic E-state index is 0.220. The number of rotatable bonds is 7. The number of carbonyl (C=O) groups excluding carboxylic acids is 1. The van der Waals surface area contributed by atoms with E-state index in [0.717, 1.165) is 55.3 Å². The second kappa shape index (κ2) is 9.16. The van der Waals surface area contributed by atoms with Crippen molar-refractivity contribution in [1.29, 1.82) is 0 Å². The Morgan fingerprint density at radius 2 is 2.04 bits per heavy atom. The van der Waals surface area contributed by atoms with Gasteiger partial charge in [0.15, 0.2) is 11.0 Å². The predicted octanol–water partition coefficient (Wildman–Crippen LogP) is 3.63. The molecule has 0 radical (unpaired) electrons. The van der Waals surface area contributed by atoms with Crippen LogP contribution in [0, 0.1) is 0 Å². The van der Waals surface area contributed by atoms with Crippen molar-refractivity contribution >= 4 is 17.7 Å². The molecule has 3 heterocycles. The van der Waals surface area contributed by atoms with Gasteiger partial charge in [0.1, 0.15) is 0 Å². The number of pyridine rings is 1. The van der Waals surface area contributed by atoms with Gasteiger partial charge in [-0.2, -0.15) is 0 Å². The first-order valence-corrected chi connectivity index (χ1v) is 10.5. The monoisotopic (exact) mass is 373 g/mol. The fraction of sp³-hybridized carbons (Fsp3) is 0.579. The van der Waals surface area contributed by atoms with Crippen molar-refractivity contribution in [3.8, 4) is 11.4 Å².